The van der Waals surface area contributed by atoms with Gasteiger partial charge in [-0.25, -0.2) is 9.13 Å². The Morgan fingerprint density at radius 1 is 0.272 bits per heavy atom. The highest BCUT2D eigenvalue weighted by atomic mass is 31.2. The lowest BCUT2D eigenvalue weighted by atomic mass is 9.99. The molecule has 0 fully saturated rings. The van der Waals surface area contributed by atoms with Crippen LogP contribution in [-0.2, 0) is 65.4 Å². The summed E-state index contributed by atoms with van der Waals surface area (Å²) in [6, 6.07) is 0. The first-order chi connectivity index (χ1) is 49.8. The van der Waals surface area contributed by atoms with Gasteiger partial charge in [-0.1, -0.05) is 389 Å². The molecule has 19 heteroatoms. The predicted molar refractivity (Wildman–Crippen MR) is 423 cm³/mol. The molecule has 612 valence electrons. The number of carbonyl (C=O) groups excluding carboxylic acids is 4. The van der Waals surface area contributed by atoms with Crippen molar-refractivity contribution < 1.29 is 80.2 Å². The van der Waals surface area contributed by atoms with Gasteiger partial charge in [0.1, 0.15) is 19.3 Å². The molecule has 0 heterocycles. The first-order valence-corrected chi connectivity index (χ1v) is 46.5. The number of ether oxygens (including phenoxy) is 4. The number of hydrogen-bond acceptors (Lipinski definition) is 15. The molecule has 0 aliphatic carbocycles. The second-order valence-corrected chi connectivity index (χ2v) is 33.9. The van der Waals surface area contributed by atoms with Crippen molar-refractivity contribution in [2.75, 3.05) is 39.6 Å². The van der Waals surface area contributed by atoms with Gasteiger partial charge in [0.05, 0.1) is 26.4 Å². The standard InChI is InChI=1S/C84H164O17P2/c1-8-12-13-14-15-16-17-18-19-20-21-22-23-24-25-30-33-36-46-53-60-67-83(88)100-79(71-94-81(86)65-58-51-44-35-32-29-27-26-28-31-34-41-48-55-62-75(5)9-2)73-98-102(90,91)96-69-78(85)70-97-103(92,93)99-74-80(101-84(89)68-61-54-47-40-38-43-50-57-64-77(7)11-4)72-95-82(87)66-59-52-45-39-37-42-49-56-63-76(6)10-3/h75-80,85H,8-74H2,1-7H3,(H,90,91)(H,92,93)/t75?,76?,77?,78-,79-,80-/m1/s1. The van der Waals surface area contributed by atoms with E-state index in [0.717, 1.165) is 108 Å². The Morgan fingerprint density at radius 3 is 0.689 bits per heavy atom. The molecule has 0 aromatic carbocycles. The summed E-state index contributed by atoms with van der Waals surface area (Å²) in [6.45, 7) is 12.0. The van der Waals surface area contributed by atoms with Crippen LogP contribution in [0.2, 0.25) is 0 Å². The van der Waals surface area contributed by atoms with Crippen LogP contribution in [0.1, 0.15) is 440 Å². The van der Waals surface area contributed by atoms with E-state index in [1.807, 2.05) is 0 Å². The summed E-state index contributed by atoms with van der Waals surface area (Å²) in [7, 11) is -9.93. The van der Waals surface area contributed by atoms with Gasteiger partial charge in [-0.2, -0.15) is 0 Å². The van der Waals surface area contributed by atoms with Crippen molar-refractivity contribution in [3.63, 3.8) is 0 Å². The SMILES string of the molecule is CCCCCCCCCCCCCCCCCCCCCCCC(=O)O[C@H](COC(=O)CCCCCCCCCCCCCCCCC(C)CC)COP(=O)(O)OC[C@@H](O)COP(=O)(O)OC[C@@H](COC(=O)CCCCCCCCCCC(C)CC)OC(=O)CCCCCCCCCCC(C)CC. The van der Waals surface area contributed by atoms with Crippen LogP contribution in [0.3, 0.4) is 0 Å². The highest BCUT2D eigenvalue weighted by molar-refractivity contribution is 7.47. The van der Waals surface area contributed by atoms with E-state index in [1.54, 1.807) is 0 Å². The lowest BCUT2D eigenvalue weighted by Gasteiger charge is -2.21. The molecule has 5 unspecified atom stereocenters. The van der Waals surface area contributed by atoms with E-state index >= 15 is 0 Å². The van der Waals surface area contributed by atoms with Crippen molar-refractivity contribution in [2.45, 2.75) is 458 Å². The summed E-state index contributed by atoms with van der Waals surface area (Å²) in [4.78, 5) is 73.1. The topological polar surface area (TPSA) is 237 Å². The Labute approximate surface area is 632 Å². The first-order valence-electron chi connectivity index (χ1n) is 43.5. The molecule has 0 rings (SSSR count). The van der Waals surface area contributed by atoms with E-state index < -0.39 is 97.5 Å². The quantitative estimate of drug-likeness (QED) is 0.0222. The maximum atomic E-state index is 13.1. The van der Waals surface area contributed by atoms with E-state index in [0.29, 0.717) is 25.7 Å². The normalized spacial score (nSPS) is 14.7. The number of carbonyl (C=O) groups is 4. The molecule has 0 aliphatic heterocycles. The lowest BCUT2D eigenvalue weighted by molar-refractivity contribution is -0.161. The number of rotatable bonds is 82. The number of hydrogen-bond donors (Lipinski definition) is 3. The largest absolute Gasteiger partial charge is 0.472 e. The third-order valence-corrected chi connectivity index (χ3v) is 22.6. The minimum absolute atomic E-state index is 0.105. The van der Waals surface area contributed by atoms with Gasteiger partial charge >= 0.3 is 39.5 Å². The predicted octanol–water partition coefficient (Wildman–Crippen LogP) is 25.3. The molecule has 0 aromatic heterocycles. The van der Waals surface area contributed by atoms with Gasteiger partial charge in [-0.15, -0.1) is 0 Å². The average molecular weight is 1510 g/mol. The summed E-state index contributed by atoms with van der Waals surface area (Å²) in [5.74, 6) is 0.287. The molecular formula is C84H164O17P2. The smallest absolute Gasteiger partial charge is 0.462 e. The Kier molecular flexibility index (Phi) is 72.8. The summed E-state index contributed by atoms with van der Waals surface area (Å²) in [5.41, 5.74) is 0. The van der Waals surface area contributed by atoms with Gasteiger partial charge in [-0.05, 0) is 43.4 Å². The van der Waals surface area contributed by atoms with Crippen LogP contribution >= 0.6 is 15.6 Å². The van der Waals surface area contributed by atoms with Crippen molar-refractivity contribution >= 4 is 39.5 Å². The van der Waals surface area contributed by atoms with Gasteiger partial charge in [0.2, 0.25) is 0 Å². The molecule has 0 saturated heterocycles. The van der Waals surface area contributed by atoms with Crippen LogP contribution in [0.4, 0.5) is 0 Å². The number of unbranched alkanes of at least 4 members (excludes halogenated alkanes) is 47. The fraction of sp³-hybridized carbons (Fsp3) is 0.952. The number of aliphatic hydroxyl groups excluding tert-OH is 1. The fourth-order valence-corrected chi connectivity index (χ4v) is 14.5. The number of phosphoric ester groups is 2. The van der Waals surface area contributed by atoms with E-state index in [4.69, 9.17) is 37.0 Å². The summed E-state index contributed by atoms with van der Waals surface area (Å²) in [6.07, 6.45) is 63.8. The van der Waals surface area contributed by atoms with Gasteiger partial charge in [0, 0.05) is 25.7 Å². The maximum absolute atomic E-state index is 13.1. The maximum Gasteiger partial charge on any atom is 0.472 e. The Morgan fingerprint density at radius 2 is 0.466 bits per heavy atom. The van der Waals surface area contributed by atoms with Crippen LogP contribution in [0.25, 0.3) is 0 Å². The monoisotopic (exact) mass is 1510 g/mol. The Hall–Kier alpha value is -1.94. The lowest BCUT2D eigenvalue weighted by Crippen LogP contribution is -2.30. The zero-order valence-corrected chi connectivity index (χ0v) is 69.6. The molecule has 0 spiro atoms. The van der Waals surface area contributed by atoms with Crippen molar-refractivity contribution in [3.05, 3.63) is 0 Å². The van der Waals surface area contributed by atoms with E-state index in [2.05, 4.69) is 48.5 Å². The van der Waals surface area contributed by atoms with Gasteiger partial charge in [-0.3, -0.25) is 37.3 Å². The Balaban J connectivity index is 5.24. The van der Waals surface area contributed by atoms with Crippen molar-refractivity contribution in [2.24, 2.45) is 17.8 Å². The molecule has 3 N–H and O–H groups in total. The molecular weight excluding hydrogens is 1340 g/mol. The molecule has 0 aromatic rings. The summed E-state index contributed by atoms with van der Waals surface area (Å²) in [5, 5.41) is 10.7. The van der Waals surface area contributed by atoms with E-state index in [-0.39, 0.29) is 25.7 Å². The molecule has 103 heavy (non-hydrogen) atoms. The summed E-state index contributed by atoms with van der Waals surface area (Å²) >= 11 is 0. The second kappa shape index (κ2) is 74.2. The minimum Gasteiger partial charge on any atom is -0.462 e. The molecule has 8 atom stereocenters. The van der Waals surface area contributed by atoms with Crippen LogP contribution < -0.4 is 0 Å². The van der Waals surface area contributed by atoms with Crippen molar-refractivity contribution in [3.8, 4) is 0 Å². The highest BCUT2D eigenvalue weighted by Gasteiger charge is 2.30. The summed E-state index contributed by atoms with van der Waals surface area (Å²) < 4.78 is 68.8. The minimum atomic E-state index is -4.97. The van der Waals surface area contributed by atoms with Crippen molar-refractivity contribution in [1.82, 2.24) is 0 Å². The van der Waals surface area contributed by atoms with Gasteiger partial charge in [0.25, 0.3) is 0 Å². The number of aliphatic hydroxyl groups is 1. The second-order valence-electron chi connectivity index (χ2n) is 30.9. The zero-order chi connectivity index (χ0) is 75.8. The molecule has 17 nitrogen and oxygen atoms in total. The van der Waals surface area contributed by atoms with Gasteiger partial charge in [0.15, 0.2) is 12.2 Å². The fourth-order valence-electron chi connectivity index (χ4n) is 12.9. The first kappa shape index (κ1) is 101. The van der Waals surface area contributed by atoms with Crippen LogP contribution in [-0.4, -0.2) is 96.7 Å². The zero-order valence-electron chi connectivity index (χ0n) is 67.8. The molecule has 0 saturated carbocycles. The van der Waals surface area contributed by atoms with Crippen LogP contribution in [0.15, 0.2) is 0 Å². The molecule has 0 radical (unpaired) electrons. The average Bonchev–Trinajstić information content (AvgIpc) is 0.933. The van der Waals surface area contributed by atoms with E-state index in [1.165, 1.54) is 250 Å². The van der Waals surface area contributed by atoms with Crippen molar-refractivity contribution in [1.29, 1.82) is 0 Å². The third-order valence-electron chi connectivity index (χ3n) is 20.7. The highest BCUT2D eigenvalue weighted by Crippen LogP contribution is 2.45. The number of esters is 4. The molecule has 0 amide bonds. The van der Waals surface area contributed by atoms with Gasteiger partial charge < -0.3 is 33.8 Å². The van der Waals surface area contributed by atoms with E-state index in [9.17, 15) is 43.2 Å². The van der Waals surface area contributed by atoms with Crippen LogP contribution in [0, 0.1) is 17.8 Å². The molecule has 0 bridgehead atoms. The third kappa shape index (κ3) is 74.0. The van der Waals surface area contributed by atoms with Crippen LogP contribution in [0.5, 0.6) is 0 Å². The number of phosphoric acid groups is 2. The molecule has 0 aliphatic rings. The Bertz CT molecular complexity index is 2000.